The number of nitrogens with two attached hydrogens (primary N) is 1. The Balaban J connectivity index is 1.36. The molecule has 1 spiro atoms. The van der Waals surface area contributed by atoms with Gasteiger partial charge in [-0.05, 0) is 68.1 Å². The van der Waals surface area contributed by atoms with Crippen molar-refractivity contribution in [3.8, 4) is 0 Å². The Bertz CT molecular complexity index is 1040. The number of likely N-dealkylation sites (tertiary alicyclic amines) is 1. The number of nitrogens with zero attached hydrogens (tertiary/aromatic N) is 2. The Morgan fingerprint density at radius 2 is 1.74 bits per heavy atom. The van der Waals surface area contributed by atoms with Crippen LogP contribution in [0.5, 0.6) is 0 Å². The van der Waals surface area contributed by atoms with Gasteiger partial charge >= 0.3 is 7.12 Å². The lowest BCUT2D eigenvalue weighted by Gasteiger charge is -2.47. The van der Waals surface area contributed by atoms with E-state index in [9.17, 15) is 14.8 Å². The summed E-state index contributed by atoms with van der Waals surface area (Å²) in [5.41, 5.74) is 11.5. The van der Waals surface area contributed by atoms with E-state index in [1.807, 2.05) is 11.0 Å². The molecule has 3 aliphatic rings. The minimum atomic E-state index is -1.34. The van der Waals surface area contributed by atoms with Crippen LogP contribution in [0.4, 0.5) is 5.69 Å². The normalized spacial score (nSPS) is 22.5. The van der Waals surface area contributed by atoms with Crippen LogP contribution in [-0.2, 0) is 13.0 Å². The molecule has 3 aliphatic heterocycles. The number of fused-ring (bicyclic) bond motifs is 2. The van der Waals surface area contributed by atoms with Crippen LogP contribution >= 0.6 is 0 Å². The number of hydrogen-bond donors (Lipinski definition) is 3. The van der Waals surface area contributed by atoms with E-state index < -0.39 is 7.12 Å². The van der Waals surface area contributed by atoms with Gasteiger partial charge in [0.05, 0.1) is 13.1 Å². The second kappa shape index (κ2) is 10.4. The molecule has 4 N–H and O–H groups in total. The van der Waals surface area contributed by atoms with E-state index in [1.54, 1.807) is 0 Å². The molecule has 0 aromatic heterocycles. The molecular weight excluding hydrogens is 437 g/mol. The van der Waals surface area contributed by atoms with Crippen molar-refractivity contribution in [1.82, 2.24) is 9.38 Å². The van der Waals surface area contributed by atoms with Crippen molar-refractivity contribution in [3.63, 3.8) is 0 Å². The van der Waals surface area contributed by atoms with E-state index in [4.69, 9.17) is 5.73 Å². The summed E-state index contributed by atoms with van der Waals surface area (Å²) in [6.07, 6.45) is 8.07. The van der Waals surface area contributed by atoms with Gasteiger partial charge in [0.25, 0.3) is 5.91 Å². The van der Waals surface area contributed by atoms with Crippen LogP contribution in [-0.4, -0.2) is 60.1 Å². The third-order valence-electron chi connectivity index (χ3n) is 8.81. The van der Waals surface area contributed by atoms with Crippen LogP contribution in [0.1, 0.15) is 77.9 Å². The highest BCUT2D eigenvalue weighted by Crippen LogP contribution is 2.41. The summed E-state index contributed by atoms with van der Waals surface area (Å²) in [4.78, 5) is 15.6. The lowest BCUT2D eigenvalue weighted by molar-refractivity contribution is 0.0712. The average Bonchev–Trinajstić information content (AvgIpc) is 3.15. The maximum absolute atomic E-state index is 13.6. The maximum Gasteiger partial charge on any atom is 0.516 e. The minimum Gasteiger partial charge on any atom is -0.423 e. The van der Waals surface area contributed by atoms with Gasteiger partial charge in [0, 0.05) is 43.2 Å². The van der Waals surface area contributed by atoms with Crippen LogP contribution in [0, 0.1) is 0 Å². The number of rotatable bonds is 4. The zero-order chi connectivity index (χ0) is 24.4. The van der Waals surface area contributed by atoms with Gasteiger partial charge in [-0.2, -0.15) is 0 Å². The van der Waals surface area contributed by atoms with E-state index in [0.29, 0.717) is 16.9 Å². The first-order chi connectivity index (χ1) is 17.0. The van der Waals surface area contributed by atoms with Crippen LogP contribution in [0.25, 0.3) is 0 Å². The molecule has 2 aromatic rings. The number of carbonyl (C=O) groups is 1. The molecule has 2 fully saturated rings. The van der Waals surface area contributed by atoms with Crippen LogP contribution in [0.3, 0.4) is 0 Å². The van der Waals surface area contributed by atoms with Crippen LogP contribution in [0.15, 0.2) is 42.5 Å². The monoisotopic (exact) mass is 476 g/mol. The average molecular weight is 476 g/mol. The molecule has 35 heavy (non-hydrogen) atoms. The summed E-state index contributed by atoms with van der Waals surface area (Å²) >= 11 is 0. The van der Waals surface area contributed by atoms with Gasteiger partial charge in [-0.3, -0.25) is 9.28 Å². The predicted molar refractivity (Wildman–Crippen MR) is 141 cm³/mol. The third kappa shape index (κ3) is 4.79. The Labute approximate surface area is 209 Å². The largest absolute Gasteiger partial charge is 0.516 e. The molecule has 5 rings (SSSR count). The fraction of sp³-hybridized carbons (Fsp3) is 0.536. The number of quaternary nitrogens is 1. The van der Waals surface area contributed by atoms with Crippen molar-refractivity contribution in [3.05, 3.63) is 64.7 Å². The number of piperidine rings is 1. The molecule has 0 saturated carbocycles. The molecule has 0 bridgehead atoms. The number of carbonyl (C=O) groups excluding carboxylic acids is 1. The summed E-state index contributed by atoms with van der Waals surface area (Å²) in [5.74, 6) is 0.347. The Morgan fingerprint density at radius 3 is 2.43 bits per heavy atom. The number of benzene rings is 2. The highest BCUT2D eigenvalue weighted by atomic mass is 16.4. The fourth-order valence-corrected chi connectivity index (χ4v) is 6.85. The fourth-order valence-electron chi connectivity index (χ4n) is 6.85. The van der Waals surface area contributed by atoms with E-state index in [-0.39, 0.29) is 11.8 Å². The number of aryl methyl sites for hydroxylation is 1. The van der Waals surface area contributed by atoms with Gasteiger partial charge < -0.3 is 20.7 Å². The molecule has 186 valence electrons. The smallest absolute Gasteiger partial charge is 0.423 e. The van der Waals surface area contributed by atoms with Crippen LogP contribution in [0.2, 0.25) is 0 Å². The maximum atomic E-state index is 13.6. The lowest BCUT2D eigenvalue weighted by atomic mass is 9.70. The molecule has 1 amide bonds. The molecule has 1 unspecified atom stereocenters. The summed E-state index contributed by atoms with van der Waals surface area (Å²) in [6.45, 7) is 3.90. The zero-order valence-electron chi connectivity index (χ0n) is 20.7. The van der Waals surface area contributed by atoms with Crippen molar-refractivity contribution in [1.29, 1.82) is 0 Å². The second-order valence-corrected chi connectivity index (χ2v) is 10.8. The quantitative estimate of drug-likeness (QED) is 0.467. The Hall–Kier alpha value is -2.19. The summed E-state index contributed by atoms with van der Waals surface area (Å²) < 4.78 is 0.619. The van der Waals surface area contributed by atoms with Crippen molar-refractivity contribution in [2.45, 2.75) is 69.8 Å². The summed E-state index contributed by atoms with van der Waals surface area (Å²) in [6, 6.07) is 14.7. The van der Waals surface area contributed by atoms with E-state index in [1.165, 1.54) is 24.0 Å². The van der Waals surface area contributed by atoms with Gasteiger partial charge in [0.15, 0.2) is 0 Å². The molecule has 0 aliphatic carbocycles. The third-order valence-corrected chi connectivity index (χ3v) is 8.81. The molecule has 7 heteroatoms. The van der Waals surface area contributed by atoms with Gasteiger partial charge in [-0.15, -0.1) is 0 Å². The van der Waals surface area contributed by atoms with Crippen molar-refractivity contribution in [2.24, 2.45) is 5.73 Å². The van der Waals surface area contributed by atoms with Crippen molar-refractivity contribution in [2.75, 3.05) is 26.2 Å². The van der Waals surface area contributed by atoms with E-state index >= 15 is 0 Å². The molecule has 2 saturated heterocycles. The minimum absolute atomic E-state index is 0.0987. The zero-order valence-corrected chi connectivity index (χ0v) is 20.7. The van der Waals surface area contributed by atoms with Gasteiger partial charge in [0.2, 0.25) is 0 Å². The highest BCUT2D eigenvalue weighted by Gasteiger charge is 2.49. The lowest BCUT2D eigenvalue weighted by Crippen LogP contribution is -2.65. The van der Waals surface area contributed by atoms with Gasteiger partial charge in [0.1, 0.15) is 11.6 Å². The Kier molecular flexibility index (Phi) is 7.30. The van der Waals surface area contributed by atoms with Crippen molar-refractivity contribution >= 4 is 18.7 Å². The van der Waals surface area contributed by atoms with E-state index in [0.717, 1.165) is 81.5 Å². The topological polar surface area (TPSA) is 86.8 Å². The molecule has 6 nitrogen and oxygen atoms in total. The Morgan fingerprint density at radius 1 is 1.00 bits per heavy atom. The van der Waals surface area contributed by atoms with Crippen molar-refractivity contribution < 1.29 is 14.8 Å². The molecule has 1 atom stereocenters. The van der Waals surface area contributed by atoms with Gasteiger partial charge in [-0.25, -0.2) is 0 Å². The van der Waals surface area contributed by atoms with E-state index in [2.05, 4.69) is 36.4 Å². The van der Waals surface area contributed by atoms with Gasteiger partial charge in [-0.1, -0.05) is 30.3 Å². The molecule has 2 aromatic carbocycles. The predicted octanol–water partition coefficient (Wildman–Crippen LogP) is 3.37. The number of hydrogen-bond acceptors (Lipinski definition) is 4. The molecular formula is C28H39BN3O3+. The molecule has 3 heterocycles. The first-order valence-corrected chi connectivity index (χ1v) is 13.5. The van der Waals surface area contributed by atoms with Crippen LogP contribution < -0.4 is 10.2 Å². The summed E-state index contributed by atoms with van der Waals surface area (Å²) in [7, 11) is -1.34. The standard InChI is InChI=1S/C28H39BN3O3/c30-20-21-6-5-7-24(18-21)22-12-14-31(15-13-22)28(33)25-9-8-23-10-11-27(29(34)35)32(26(23)19-25)16-3-1-2-4-17-32/h5-9,18-19,22,27,34-35H,1-4,10-17,20,30H2/q+1. The summed E-state index contributed by atoms with van der Waals surface area (Å²) in [5, 5.41) is 20.6. The first kappa shape index (κ1) is 24.5. The SMILES string of the molecule is NCc1cccc(C2CCN(C(=O)c3ccc4c(c3)[N+]3(CCCCCC3)C(B(O)O)CC4)CC2)c1. The highest BCUT2D eigenvalue weighted by molar-refractivity contribution is 6.43. The first-order valence-electron chi connectivity index (χ1n) is 13.5. The molecule has 0 radical (unpaired) electrons. The second-order valence-electron chi connectivity index (χ2n) is 10.8. The number of amides is 1.